The molecule has 2 aromatic rings. The summed E-state index contributed by atoms with van der Waals surface area (Å²) >= 11 is 1.55. The molecule has 1 atom stereocenters. The monoisotopic (exact) mass is 332 g/mol. The van der Waals surface area contributed by atoms with Gasteiger partial charge in [0.1, 0.15) is 5.01 Å². The van der Waals surface area contributed by atoms with E-state index in [1.54, 1.807) is 16.2 Å². The van der Waals surface area contributed by atoms with Gasteiger partial charge in [-0.2, -0.15) is 0 Å². The van der Waals surface area contributed by atoms with E-state index in [4.69, 9.17) is 4.74 Å². The number of aliphatic hydroxyl groups excluding tert-OH is 1. The Hall–Kier alpha value is -1.76. The van der Waals surface area contributed by atoms with E-state index in [1.165, 1.54) is 0 Å². The van der Waals surface area contributed by atoms with Crippen molar-refractivity contribution < 1.29 is 14.6 Å². The summed E-state index contributed by atoms with van der Waals surface area (Å²) in [5.41, 5.74) is 1.87. The van der Waals surface area contributed by atoms with Gasteiger partial charge in [-0.05, 0) is 0 Å². The second kappa shape index (κ2) is 7.68. The fourth-order valence-corrected chi connectivity index (χ4v) is 3.41. The first-order chi connectivity index (χ1) is 11.3. The standard InChI is InChI=1S/C17H20N2O3S/c20-10-13-9-19(6-7-22-11-13)16(21)8-15-12-23-17(18-15)14-4-2-1-3-5-14/h1-5,12-13,20H,6-11H2. The van der Waals surface area contributed by atoms with Gasteiger partial charge in [0.05, 0.1) is 25.3 Å². The summed E-state index contributed by atoms with van der Waals surface area (Å²) in [6.45, 7) is 2.19. The molecule has 5 nitrogen and oxygen atoms in total. The Labute approximate surface area is 139 Å². The molecule has 0 aliphatic carbocycles. The van der Waals surface area contributed by atoms with Crippen LogP contribution in [0.5, 0.6) is 0 Å². The Morgan fingerprint density at radius 2 is 2.22 bits per heavy atom. The van der Waals surface area contributed by atoms with E-state index < -0.39 is 0 Å². The molecule has 2 heterocycles. The maximum atomic E-state index is 12.5. The van der Waals surface area contributed by atoms with E-state index in [2.05, 4.69) is 4.98 Å². The molecule has 1 aliphatic rings. The molecule has 6 heteroatoms. The quantitative estimate of drug-likeness (QED) is 0.928. The zero-order valence-corrected chi connectivity index (χ0v) is 13.7. The van der Waals surface area contributed by atoms with Gasteiger partial charge in [-0.3, -0.25) is 4.79 Å². The molecular formula is C17H20N2O3S. The molecule has 1 N–H and O–H groups in total. The van der Waals surface area contributed by atoms with Crippen molar-refractivity contribution in [1.82, 2.24) is 9.88 Å². The van der Waals surface area contributed by atoms with Crippen molar-refractivity contribution in [2.75, 3.05) is 32.9 Å². The lowest BCUT2D eigenvalue weighted by Crippen LogP contribution is -2.37. The summed E-state index contributed by atoms with van der Waals surface area (Å²) < 4.78 is 5.42. The van der Waals surface area contributed by atoms with Gasteiger partial charge < -0.3 is 14.7 Å². The summed E-state index contributed by atoms with van der Waals surface area (Å²) in [5, 5.41) is 12.2. The maximum Gasteiger partial charge on any atom is 0.228 e. The van der Waals surface area contributed by atoms with E-state index in [0.29, 0.717) is 32.7 Å². The molecule has 1 saturated heterocycles. The van der Waals surface area contributed by atoms with Crippen molar-refractivity contribution >= 4 is 17.2 Å². The number of thiazole rings is 1. The van der Waals surface area contributed by atoms with Gasteiger partial charge >= 0.3 is 0 Å². The normalized spacial score (nSPS) is 18.7. The number of amides is 1. The minimum absolute atomic E-state index is 0.00300. The molecule has 0 spiro atoms. The van der Waals surface area contributed by atoms with Crippen molar-refractivity contribution in [1.29, 1.82) is 0 Å². The largest absolute Gasteiger partial charge is 0.396 e. The van der Waals surface area contributed by atoms with Crippen LogP contribution in [0.25, 0.3) is 10.6 Å². The minimum Gasteiger partial charge on any atom is -0.396 e. The van der Waals surface area contributed by atoms with Gasteiger partial charge in [0.2, 0.25) is 5.91 Å². The van der Waals surface area contributed by atoms with E-state index in [1.807, 2.05) is 35.7 Å². The van der Waals surface area contributed by atoms with E-state index in [9.17, 15) is 9.90 Å². The highest BCUT2D eigenvalue weighted by Crippen LogP contribution is 2.23. The third-order valence-corrected chi connectivity index (χ3v) is 4.79. The first kappa shape index (κ1) is 16.1. The molecule has 3 rings (SSSR count). The predicted molar refractivity (Wildman–Crippen MR) is 89.2 cm³/mol. The Bertz CT molecular complexity index is 644. The number of benzene rings is 1. The SMILES string of the molecule is O=C(Cc1csc(-c2ccccc2)n1)N1CCOCC(CO)C1. The van der Waals surface area contributed by atoms with Crippen LogP contribution in [-0.4, -0.2) is 53.8 Å². The number of carbonyl (C=O) groups excluding carboxylic acids is 1. The van der Waals surface area contributed by atoms with Crippen LogP contribution in [0.15, 0.2) is 35.7 Å². The van der Waals surface area contributed by atoms with Crippen molar-refractivity contribution in [2.24, 2.45) is 5.92 Å². The van der Waals surface area contributed by atoms with Crippen molar-refractivity contribution in [3.8, 4) is 10.6 Å². The Morgan fingerprint density at radius 3 is 3.00 bits per heavy atom. The van der Waals surface area contributed by atoms with Gasteiger partial charge in [0.15, 0.2) is 0 Å². The van der Waals surface area contributed by atoms with Gasteiger partial charge in [0, 0.05) is 36.6 Å². The predicted octanol–water partition coefficient (Wildman–Crippen LogP) is 1.82. The highest BCUT2D eigenvalue weighted by molar-refractivity contribution is 7.13. The number of hydrogen-bond acceptors (Lipinski definition) is 5. The van der Waals surface area contributed by atoms with Crippen molar-refractivity contribution in [2.45, 2.75) is 6.42 Å². The van der Waals surface area contributed by atoms with Crippen molar-refractivity contribution in [3.05, 3.63) is 41.4 Å². The number of rotatable bonds is 4. The number of aromatic nitrogens is 1. The molecule has 1 aliphatic heterocycles. The zero-order valence-electron chi connectivity index (χ0n) is 12.9. The summed E-state index contributed by atoms with van der Waals surface area (Å²) in [7, 11) is 0. The minimum atomic E-state index is -0.00300. The lowest BCUT2D eigenvalue weighted by molar-refractivity contribution is -0.131. The van der Waals surface area contributed by atoms with Gasteiger partial charge in [0.25, 0.3) is 0 Å². The molecule has 1 unspecified atom stereocenters. The molecule has 0 saturated carbocycles. The van der Waals surface area contributed by atoms with Crippen LogP contribution in [0, 0.1) is 5.92 Å². The lowest BCUT2D eigenvalue weighted by atomic mass is 10.1. The van der Waals surface area contributed by atoms with Gasteiger partial charge in [-0.25, -0.2) is 4.98 Å². The molecule has 1 aromatic heterocycles. The molecule has 23 heavy (non-hydrogen) atoms. The molecule has 1 amide bonds. The van der Waals surface area contributed by atoms with Crippen LogP contribution < -0.4 is 0 Å². The van der Waals surface area contributed by atoms with Crippen LogP contribution in [0.2, 0.25) is 0 Å². The summed E-state index contributed by atoms with van der Waals surface area (Å²) in [6.07, 6.45) is 0.293. The first-order valence-electron chi connectivity index (χ1n) is 7.72. The van der Waals surface area contributed by atoms with Crippen LogP contribution in [0.3, 0.4) is 0 Å². The van der Waals surface area contributed by atoms with E-state index in [0.717, 1.165) is 16.3 Å². The maximum absolute atomic E-state index is 12.5. The first-order valence-corrected chi connectivity index (χ1v) is 8.60. The van der Waals surface area contributed by atoms with Crippen molar-refractivity contribution in [3.63, 3.8) is 0 Å². The number of carbonyl (C=O) groups is 1. The molecule has 0 bridgehead atoms. The second-order valence-electron chi connectivity index (χ2n) is 5.65. The fourth-order valence-electron chi connectivity index (χ4n) is 2.59. The van der Waals surface area contributed by atoms with Crippen LogP contribution >= 0.6 is 11.3 Å². The van der Waals surface area contributed by atoms with Gasteiger partial charge in [-0.1, -0.05) is 30.3 Å². The van der Waals surface area contributed by atoms with Crippen LogP contribution in [0.1, 0.15) is 5.69 Å². The lowest BCUT2D eigenvalue weighted by Gasteiger charge is -2.22. The smallest absolute Gasteiger partial charge is 0.228 e. The molecule has 0 radical (unpaired) electrons. The molecule has 122 valence electrons. The third-order valence-electron chi connectivity index (χ3n) is 3.85. The highest BCUT2D eigenvalue weighted by Gasteiger charge is 2.22. The van der Waals surface area contributed by atoms with Gasteiger partial charge in [-0.15, -0.1) is 11.3 Å². The van der Waals surface area contributed by atoms with Crippen LogP contribution in [0.4, 0.5) is 0 Å². The van der Waals surface area contributed by atoms with E-state index >= 15 is 0 Å². The number of ether oxygens (including phenoxy) is 1. The topological polar surface area (TPSA) is 62.7 Å². The van der Waals surface area contributed by atoms with E-state index in [-0.39, 0.29) is 18.4 Å². The number of aliphatic hydroxyl groups is 1. The second-order valence-corrected chi connectivity index (χ2v) is 6.51. The zero-order chi connectivity index (χ0) is 16.1. The third kappa shape index (κ3) is 4.16. The number of hydrogen-bond donors (Lipinski definition) is 1. The average Bonchev–Trinajstić information content (AvgIpc) is 2.91. The average molecular weight is 332 g/mol. The Kier molecular flexibility index (Phi) is 5.38. The number of nitrogens with zero attached hydrogens (tertiary/aromatic N) is 2. The molecule has 1 fully saturated rings. The van der Waals surface area contributed by atoms with Crippen LogP contribution in [-0.2, 0) is 16.0 Å². The fraction of sp³-hybridized carbons (Fsp3) is 0.412. The Morgan fingerprint density at radius 1 is 1.39 bits per heavy atom. The summed E-state index contributed by atoms with van der Waals surface area (Å²) in [5.74, 6) is 0.0376. The summed E-state index contributed by atoms with van der Waals surface area (Å²) in [6, 6.07) is 9.97. The highest BCUT2D eigenvalue weighted by atomic mass is 32.1. The molecular weight excluding hydrogens is 312 g/mol. The molecule has 1 aromatic carbocycles. The Balaban J connectivity index is 1.65. The summed E-state index contributed by atoms with van der Waals surface area (Å²) in [4.78, 5) is 18.8.